The first-order valence-corrected chi connectivity index (χ1v) is 39.3. The zero-order valence-electron chi connectivity index (χ0n) is 58.3. The highest BCUT2D eigenvalue weighted by Crippen LogP contribution is 2.20. The normalized spacial score (nSPS) is 12.7. The van der Waals surface area contributed by atoms with Crippen LogP contribution >= 0.6 is 0 Å². The number of allylic oxidation sites excluding steroid dienone is 5. The summed E-state index contributed by atoms with van der Waals surface area (Å²) in [6.45, 7) is 4.91. The van der Waals surface area contributed by atoms with E-state index in [-0.39, 0.29) is 18.5 Å². The average Bonchev–Trinajstić information content (AvgIpc) is 3.53. The lowest BCUT2D eigenvalue weighted by atomic mass is 10.0. The predicted octanol–water partition coefficient (Wildman–Crippen LogP) is 25.8. The van der Waals surface area contributed by atoms with E-state index in [9.17, 15) is 19.8 Å². The second-order valence-electron chi connectivity index (χ2n) is 27.0. The van der Waals surface area contributed by atoms with Crippen molar-refractivity contribution < 1.29 is 24.5 Å². The van der Waals surface area contributed by atoms with Crippen molar-refractivity contribution in [2.24, 2.45) is 0 Å². The van der Waals surface area contributed by atoms with Crippen LogP contribution < -0.4 is 5.32 Å². The van der Waals surface area contributed by atoms with E-state index in [1.807, 2.05) is 6.08 Å². The number of carbonyl (C=O) groups is 2. The van der Waals surface area contributed by atoms with Crippen molar-refractivity contribution in [2.45, 2.75) is 450 Å². The van der Waals surface area contributed by atoms with E-state index in [2.05, 4.69) is 43.5 Å². The molecule has 0 aliphatic carbocycles. The van der Waals surface area contributed by atoms with Crippen LogP contribution in [0.5, 0.6) is 0 Å². The molecule has 3 N–H and O–H groups in total. The van der Waals surface area contributed by atoms with E-state index < -0.39 is 12.1 Å². The molecule has 6 nitrogen and oxygen atoms in total. The van der Waals surface area contributed by atoms with E-state index in [0.29, 0.717) is 19.4 Å². The van der Waals surface area contributed by atoms with Crippen LogP contribution in [0.3, 0.4) is 0 Å². The van der Waals surface area contributed by atoms with Crippen molar-refractivity contribution in [2.75, 3.05) is 13.2 Å². The van der Waals surface area contributed by atoms with E-state index >= 15 is 0 Å². The van der Waals surface area contributed by atoms with Crippen LogP contribution in [0, 0.1) is 0 Å². The lowest BCUT2D eigenvalue weighted by Crippen LogP contribution is -2.45. The van der Waals surface area contributed by atoms with Crippen LogP contribution in [-0.2, 0) is 14.3 Å². The molecule has 1 amide bonds. The molecule has 2 atom stereocenters. The molecule has 0 spiro atoms. The Kier molecular flexibility index (Phi) is 73.9. The molecule has 0 heterocycles. The Balaban J connectivity index is 3.28. The van der Waals surface area contributed by atoms with Gasteiger partial charge in [0.05, 0.1) is 25.4 Å². The van der Waals surface area contributed by atoms with Gasteiger partial charge in [-0.1, -0.05) is 397 Å². The van der Waals surface area contributed by atoms with Gasteiger partial charge < -0.3 is 20.3 Å². The molecule has 0 bridgehead atoms. The van der Waals surface area contributed by atoms with Gasteiger partial charge in [-0.05, 0) is 64.2 Å². The first-order valence-electron chi connectivity index (χ1n) is 39.3. The molecular formula is C80H153NO5. The van der Waals surface area contributed by atoms with Crippen molar-refractivity contribution >= 4 is 11.9 Å². The van der Waals surface area contributed by atoms with Crippen LogP contribution in [0.4, 0.5) is 0 Å². The summed E-state index contributed by atoms with van der Waals surface area (Å²) in [6.07, 6.45) is 98.6. The van der Waals surface area contributed by atoms with E-state index in [4.69, 9.17) is 4.74 Å². The molecule has 0 aromatic heterocycles. The molecule has 0 fully saturated rings. The predicted molar refractivity (Wildman–Crippen MR) is 379 cm³/mol. The maximum absolute atomic E-state index is 12.5. The summed E-state index contributed by atoms with van der Waals surface area (Å²) < 4.78 is 5.51. The summed E-state index contributed by atoms with van der Waals surface area (Å²) in [7, 11) is 0. The molecule has 0 aliphatic rings. The van der Waals surface area contributed by atoms with E-state index in [1.165, 1.54) is 360 Å². The van der Waals surface area contributed by atoms with Crippen LogP contribution in [0.1, 0.15) is 438 Å². The molecule has 0 aliphatic heterocycles. The maximum atomic E-state index is 12.5. The number of rotatable bonds is 74. The van der Waals surface area contributed by atoms with Crippen molar-refractivity contribution in [3.63, 3.8) is 0 Å². The number of esters is 1. The molecule has 0 radical (unpaired) electrons. The molecule has 86 heavy (non-hydrogen) atoms. The van der Waals surface area contributed by atoms with Gasteiger partial charge in [0.1, 0.15) is 0 Å². The van der Waals surface area contributed by atoms with Gasteiger partial charge in [-0.3, -0.25) is 9.59 Å². The number of aliphatic hydroxyl groups is 2. The SMILES string of the molecule is CCCCCC/C=C\C/C=C\CCCCCCCCCC(=O)OCCCCCCCCCCCCCCCCCCCCCCCCCCCCCCCCCCCCCCCCCC(=O)NC(CO)C(O)/C=C/CCCCCCCCCCCC. The fraction of sp³-hybridized carbons (Fsp3) is 0.900. The summed E-state index contributed by atoms with van der Waals surface area (Å²) in [6, 6.07) is -0.622. The molecular weight excluding hydrogens is 1050 g/mol. The van der Waals surface area contributed by atoms with Crippen LogP contribution in [-0.4, -0.2) is 47.4 Å². The van der Waals surface area contributed by atoms with Gasteiger partial charge in [-0.15, -0.1) is 0 Å². The number of unbranched alkanes of at least 4 members (excludes halogenated alkanes) is 59. The minimum atomic E-state index is -0.839. The highest BCUT2D eigenvalue weighted by Gasteiger charge is 2.18. The van der Waals surface area contributed by atoms with E-state index in [1.54, 1.807) is 6.08 Å². The molecule has 6 heteroatoms. The minimum Gasteiger partial charge on any atom is -0.466 e. The quantitative estimate of drug-likeness (QED) is 0.0320. The minimum absolute atomic E-state index is 0.0170. The Labute approximate surface area is 538 Å². The molecule has 0 saturated heterocycles. The third kappa shape index (κ3) is 71.2. The standard InChI is InChI=1S/C80H153NO5/c1-3-5-7-9-11-13-15-17-18-19-44-47-50-54-58-62-66-70-74-80(85)86-75-71-67-63-59-55-51-48-45-42-40-38-36-34-32-30-28-26-24-22-20-21-23-25-27-29-31-33-35-37-39-41-43-46-49-53-57-61-65-69-73-79(84)81-77(76-82)78(83)72-68-64-60-56-52-16-14-12-10-8-6-4-2/h13,15,18-19,68,72,77-78,82-83H,3-12,14,16-17,20-67,69-71,73-76H2,1-2H3,(H,81,84)/b15-13-,19-18-,72-68+. The smallest absolute Gasteiger partial charge is 0.305 e. The van der Waals surface area contributed by atoms with Gasteiger partial charge in [-0.25, -0.2) is 0 Å². The van der Waals surface area contributed by atoms with Gasteiger partial charge in [0.25, 0.3) is 0 Å². The Morgan fingerprint density at radius 3 is 0.895 bits per heavy atom. The Morgan fingerprint density at radius 1 is 0.326 bits per heavy atom. The highest BCUT2D eigenvalue weighted by molar-refractivity contribution is 5.76. The Bertz CT molecular complexity index is 1390. The van der Waals surface area contributed by atoms with Gasteiger partial charge in [0.15, 0.2) is 0 Å². The fourth-order valence-electron chi connectivity index (χ4n) is 12.4. The molecule has 0 aromatic rings. The summed E-state index contributed by atoms with van der Waals surface area (Å²) in [4.78, 5) is 24.6. The second kappa shape index (κ2) is 75.5. The first kappa shape index (κ1) is 84.1. The maximum Gasteiger partial charge on any atom is 0.305 e. The third-order valence-electron chi connectivity index (χ3n) is 18.4. The van der Waals surface area contributed by atoms with Crippen LogP contribution in [0.15, 0.2) is 36.5 Å². The first-order chi connectivity index (χ1) is 42.5. The number of aliphatic hydroxyl groups excluding tert-OH is 2. The number of hydrogen-bond acceptors (Lipinski definition) is 5. The average molecular weight is 1210 g/mol. The molecule has 0 aromatic carbocycles. The van der Waals surface area contributed by atoms with Gasteiger partial charge in [0.2, 0.25) is 5.91 Å². The zero-order valence-corrected chi connectivity index (χ0v) is 58.3. The lowest BCUT2D eigenvalue weighted by molar-refractivity contribution is -0.143. The second-order valence-corrected chi connectivity index (χ2v) is 27.0. The van der Waals surface area contributed by atoms with Crippen molar-refractivity contribution in [1.29, 1.82) is 0 Å². The van der Waals surface area contributed by atoms with Crippen molar-refractivity contribution in [1.82, 2.24) is 5.32 Å². The van der Waals surface area contributed by atoms with Crippen LogP contribution in [0.2, 0.25) is 0 Å². The molecule has 508 valence electrons. The Morgan fingerprint density at radius 2 is 0.581 bits per heavy atom. The number of carbonyl (C=O) groups excluding carboxylic acids is 2. The highest BCUT2D eigenvalue weighted by atomic mass is 16.5. The number of ether oxygens (including phenoxy) is 1. The van der Waals surface area contributed by atoms with Gasteiger partial charge in [-0.2, -0.15) is 0 Å². The largest absolute Gasteiger partial charge is 0.466 e. The van der Waals surface area contributed by atoms with Crippen molar-refractivity contribution in [3.8, 4) is 0 Å². The van der Waals surface area contributed by atoms with Gasteiger partial charge >= 0.3 is 5.97 Å². The monoisotopic (exact) mass is 1210 g/mol. The fourth-order valence-corrected chi connectivity index (χ4v) is 12.4. The summed E-state index contributed by atoms with van der Waals surface area (Å²) >= 11 is 0. The number of amides is 1. The van der Waals surface area contributed by atoms with Crippen molar-refractivity contribution in [3.05, 3.63) is 36.5 Å². The molecule has 0 rings (SSSR count). The lowest BCUT2D eigenvalue weighted by Gasteiger charge is -2.20. The Hall–Kier alpha value is -1.92. The number of nitrogens with one attached hydrogen (secondary N) is 1. The molecule has 0 saturated carbocycles. The number of hydrogen-bond donors (Lipinski definition) is 3. The summed E-state index contributed by atoms with van der Waals surface area (Å²) in [5.41, 5.74) is 0. The van der Waals surface area contributed by atoms with Gasteiger partial charge in [0, 0.05) is 12.8 Å². The third-order valence-corrected chi connectivity index (χ3v) is 18.4. The molecule has 2 unspecified atom stereocenters. The summed E-state index contributed by atoms with van der Waals surface area (Å²) in [5.74, 6) is -0.0436. The van der Waals surface area contributed by atoms with E-state index in [0.717, 1.165) is 51.4 Å². The zero-order chi connectivity index (χ0) is 62.0. The topological polar surface area (TPSA) is 95.9 Å². The van der Waals surface area contributed by atoms with Crippen LogP contribution in [0.25, 0.3) is 0 Å². The summed E-state index contributed by atoms with van der Waals surface area (Å²) in [5, 5.41) is 23.1.